The number of pyridine rings is 2. The Balaban J connectivity index is 2.17. The number of hydrogen-bond acceptors (Lipinski definition) is 9. The molecular weight excluding hydrogens is 464 g/mol. The first-order chi connectivity index (χ1) is 17.3. The lowest BCUT2D eigenvalue weighted by Gasteiger charge is -2.18. The molecule has 0 saturated heterocycles. The molecule has 0 aliphatic heterocycles. The second-order valence-electron chi connectivity index (χ2n) is 8.05. The Kier molecular flexibility index (Phi) is 6.65. The van der Waals surface area contributed by atoms with E-state index in [2.05, 4.69) is 9.97 Å². The van der Waals surface area contributed by atoms with Crippen LogP contribution in [0.2, 0.25) is 0 Å². The first-order valence-corrected chi connectivity index (χ1v) is 11.0. The highest BCUT2D eigenvalue weighted by atomic mass is 16.5. The molecule has 0 aliphatic carbocycles. The quantitative estimate of drug-likeness (QED) is 0.269. The maximum Gasteiger partial charge on any atom is 0.356 e. The summed E-state index contributed by atoms with van der Waals surface area (Å²) in [6.45, 7) is 3.74. The van der Waals surface area contributed by atoms with Crippen LogP contribution in [-0.2, 0) is 4.74 Å². The van der Waals surface area contributed by atoms with Crippen LogP contribution in [0.3, 0.4) is 0 Å². The predicted molar refractivity (Wildman–Crippen MR) is 135 cm³/mol. The fourth-order valence-corrected chi connectivity index (χ4v) is 4.51. The summed E-state index contributed by atoms with van der Waals surface area (Å²) in [6.07, 6.45) is 0.654. The molecule has 0 unspecified atom stereocenters. The molecule has 0 N–H and O–H groups in total. The first-order valence-electron chi connectivity index (χ1n) is 11.0. The van der Waals surface area contributed by atoms with Crippen LogP contribution in [0.4, 0.5) is 0 Å². The van der Waals surface area contributed by atoms with Crippen molar-refractivity contribution in [2.45, 2.75) is 13.8 Å². The van der Waals surface area contributed by atoms with Gasteiger partial charge < -0.3 is 23.7 Å². The third kappa shape index (κ3) is 3.82. The Bertz CT molecular complexity index is 1530. The Hall–Kier alpha value is -4.40. The van der Waals surface area contributed by atoms with Crippen molar-refractivity contribution in [1.29, 1.82) is 0 Å². The molecule has 4 aromatic rings. The summed E-state index contributed by atoms with van der Waals surface area (Å²) in [5.74, 6) is 1.41. The van der Waals surface area contributed by atoms with Gasteiger partial charge in [-0.15, -0.1) is 0 Å². The van der Waals surface area contributed by atoms with Crippen LogP contribution in [-0.4, -0.2) is 57.8 Å². The number of rotatable bonds is 7. The average molecular weight is 491 g/mol. The van der Waals surface area contributed by atoms with Crippen molar-refractivity contribution in [2.24, 2.45) is 0 Å². The fourth-order valence-electron chi connectivity index (χ4n) is 4.51. The van der Waals surface area contributed by atoms with Gasteiger partial charge in [0.1, 0.15) is 22.9 Å². The molecule has 9 heteroatoms. The molecule has 9 nitrogen and oxygen atoms in total. The maximum atomic E-state index is 12.5. The number of carbonyl (C=O) groups is 2. The molecule has 2 heterocycles. The van der Waals surface area contributed by atoms with Crippen molar-refractivity contribution in [2.75, 3.05) is 35.5 Å². The number of fused-ring (bicyclic) bond motifs is 2. The largest absolute Gasteiger partial charge is 0.496 e. The Morgan fingerprint density at radius 2 is 1.50 bits per heavy atom. The molecule has 36 heavy (non-hydrogen) atoms. The van der Waals surface area contributed by atoms with Crippen LogP contribution in [0.25, 0.3) is 32.9 Å². The van der Waals surface area contributed by atoms with E-state index in [0.29, 0.717) is 62.2 Å². The van der Waals surface area contributed by atoms with Gasteiger partial charge in [-0.1, -0.05) is 0 Å². The monoisotopic (exact) mass is 490 g/mol. The zero-order valence-corrected chi connectivity index (χ0v) is 21.1. The number of hydrogen-bond donors (Lipinski definition) is 0. The number of ether oxygens (including phenoxy) is 5. The Morgan fingerprint density at radius 3 is 2.08 bits per heavy atom. The molecule has 0 radical (unpaired) electrons. The maximum absolute atomic E-state index is 12.5. The van der Waals surface area contributed by atoms with Crippen molar-refractivity contribution in [3.8, 4) is 34.4 Å². The van der Waals surface area contributed by atoms with Crippen LogP contribution in [0.1, 0.15) is 32.1 Å². The molecule has 4 rings (SSSR count). The lowest BCUT2D eigenvalue weighted by Crippen LogP contribution is -2.07. The van der Waals surface area contributed by atoms with Gasteiger partial charge in [0, 0.05) is 16.3 Å². The lowest BCUT2D eigenvalue weighted by molar-refractivity contribution is 0.0594. The summed E-state index contributed by atoms with van der Waals surface area (Å²) in [6, 6.07) is 7.09. The van der Waals surface area contributed by atoms with Gasteiger partial charge in [-0.25, -0.2) is 14.8 Å². The van der Waals surface area contributed by atoms with Crippen molar-refractivity contribution in [1.82, 2.24) is 9.97 Å². The molecule has 0 amide bonds. The number of aromatic nitrogens is 2. The van der Waals surface area contributed by atoms with Gasteiger partial charge in [0.25, 0.3) is 0 Å². The topological polar surface area (TPSA) is 106 Å². The van der Waals surface area contributed by atoms with Crippen LogP contribution in [0.15, 0.2) is 24.3 Å². The average Bonchev–Trinajstić information content (AvgIpc) is 2.89. The SMILES string of the molecule is COC(=O)c1cc2c(OC)c(C)c(OC)cc2c(-c2cc3cc(C)c(OC)c(OC)c3c(C=O)n2)n1. The molecule has 0 atom stereocenters. The van der Waals surface area contributed by atoms with Crippen LogP contribution < -0.4 is 18.9 Å². The summed E-state index contributed by atoms with van der Waals surface area (Å²) in [4.78, 5) is 33.9. The minimum atomic E-state index is -0.618. The standard InChI is InChI=1S/C27H26N2O7/c1-13-8-15-9-18(28-20(12-30)22(15)26(35-6)24(13)33-4)23-16-11-21(32-3)14(2)25(34-5)17(16)10-19(29-23)27(31)36-7/h8-12H,1-7H3. The minimum Gasteiger partial charge on any atom is -0.496 e. The number of methoxy groups -OCH3 is 5. The zero-order chi connectivity index (χ0) is 26.1. The van der Waals surface area contributed by atoms with E-state index < -0.39 is 5.97 Å². The predicted octanol–water partition coefficient (Wildman–Crippen LogP) is 4.70. The van der Waals surface area contributed by atoms with E-state index in [1.54, 1.807) is 26.4 Å². The van der Waals surface area contributed by atoms with Crippen molar-refractivity contribution in [3.63, 3.8) is 0 Å². The van der Waals surface area contributed by atoms with Gasteiger partial charge >= 0.3 is 5.97 Å². The van der Waals surface area contributed by atoms with E-state index >= 15 is 0 Å². The van der Waals surface area contributed by atoms with Gasteiger partial charge in [0.15, 0.2) is 17.8 Å². The first kappa shape index (κ1) is 24.7. The molecule has 186 valence electrons. The molecular formula is C27H26N2O7. The van der Waals surface area contributed by atoms with Gasteiger partial charge in [-0.2, -0.15) is 0 Å². The molecule has 0 aliphatic rings. The highest BCUT2D eigenvalue weighted by Gasteiger charge is 2.23. The third-order valence-corrected chi connectivity index (χ3v) is 6.11. The van der Waals surface area contributed by atoms with Crippen LogP contribution in [0.5, 0.6) is 23.0 Å². The van der Waals surface area contributed by atoms with Crippen molar-refractivity contribution < 1.29 is 33.3 Å². The van der Waals surface area contributed by atoms with E-state index in [4.69, 9.17) is 23.7 Å². The summed E-state index contributed by atoms with van der Waals surface area (Å²) >= 11 is 0. The van der Waals surface area contributed by atoms with Crippen LogP contribution >= 0.6 is 0 Å². The Labute approximate surface area is 207 Å². The van der Waals surface area contributed by atoms with Gasteiger partial charge in [0.2, 0.25) is 0 Å². The second kappa shape index (κ2) is 9.69. The van der Waals surface area contributed by atoms with E-state index in [0.717, 1.165) is 11.1 Å². The molecule has 0 bridgehead atoms. The smallest absolute Gasteiger partial charge is 0.356 e. The molecule has 2 aromatic heterocycles. The van der Waals surface area contributed by atoms with Gasteiger partial charge in [-0.3, -0.25) is 4.79 Å². The van der Waals surface area contributed by atoms with E-state index in [-0.39, 0.29) is 11.4 Å². The summed E-state index contributed by atoms with van der Waals surface area (Å²) in [7, 11) is 7.43. The Morgan fingerprint density at radius 1 is 0.806 bits per heavy atom. The molecule has 0 saturated carbocycles. The number of nitrogens with zero attached hydrogens (tertiary/aromatic N) is 2. The van der Waals surface area contributed by atoms with Crippen molar-refractivity contribution >= 4 is 33.8 Å². The summed E-state index contributed by atoms with van der Waals surface area (Å²) in [5.41, 5.74) is 2.52. The van der Waals surface area contributed by atoms with Crippen molar-refractivity contribution in [3.05, 3.63) is 46.8 Å². The summed E-state index contributed by atoms with van der Waals surface area (Å²) < 4.78 is 27.3. The molecule has 0 fully saturated rings. The van der Waals surface area contributed by atoms with Gasteiger partial charge in [0.05, 0.1) is 52.3 Å². The van der Waals surface area contributed by atoms with E-state index in [1.165, 1.54) is 21.3 Å². The number of carbonyl (C=O) groups excluding carboxylic acids is 2. The number of aldehydes is 1. The highest BCUT2D eigenvalue weighted by Crippen LogP contribution is 2.43. The lowest BCUT2D eigenvalue weighted by atomic mass is 9.98. The summed E-state index contributed by atoms with van der Waals surface area (Å²) in [5, 5.41) is 2.46. The van der Waals surface area contributed by atoms with Gasteiger partial charge in [-0.05, 0) is 49.1 Å². The third-order valence-electron chi connectivity index (χ3n) is 6.11. The molecule has 0 spiro atoms. The number of esters is 1. The normalized spacial score (nSPS) is 10.9. The van der Waals surface area contributed by atoms with E-state index in [1.807, 2.05) is 26.0 Å². The number of aryl methyl sites for hydroxylation is 1. The minimum absolute atomic E-state index is 0.0703. The fraction of sp³-hybridized carbons (Fsp3) is 0.259. The molecule has 2 aromatic carbocycles. The zero-order valence-electron chi connectivity index (χ0n) is 21.1. The second-order valence-corrected chi connectivity index (χ2v) is 8.05. The highest BCUT2D eigenvalue weighted by molar-refractivity contribution is 6.07. The van der Waals surface area contributed by atoms with Crippen LogP contribution in [0, 0.1) is 13.8 Å². The van der Waals surface area contributed by atoms with E-state index in [9.17, 15) is 9.59 Å². The number of benzene rings is 2.